The van der Waals surface area contributed by atoms with Gasteiger partial charge in [0, 0.05) is 26.1 Å². The van der Waals surface area contributed by atoms with Crippen LogP contribution in [0.5, 0.6) is 0 Å². The van der Waals surface area contributed by atoms with E-state index in [1.54, 1.807) is 0 Å². The van der Waals surface area contributed by atoms with E-state index in [0.717, 1.165) is 26.1 Å². The van der Waals surface area contributed by atoms with Gasteiger partial charge in [-0.25, -0.2) is 0 Å². The zero-order valence-electron chi connectivity index (χ0n) is 12.3. The molecule has 3 heteroatoms. The van der Waals surface area contributed by atoms with Crippen LogP contribution in [-0.4, -0.2) is 19.0 Å². The largest absolute Gasteiger partial charge is 0.356 e. The van der Waals surface area contributed by atoms with E-state index in [1.807, 2.05) is 12.1 Å². The van der Waals surface area contributed by atoms with Gasteiger partial charge in [0.15, 0.2) is 0 Å². The fourth-order valence-corrected chi connectivity index (χ4v) is 1.82. The lowest BCUT2D eigenvalue weighted by Gasteiger charge is -2.09. The molecule has 106 valence electrons. The first-order valence-electron chi connectivity index (χ1n) is 7.11. The highest BCUT2D eigenvalue weighted by molar-refractivity contribution is 5.75. The zero-order valence-corrected chi connectivity index (χ0v) is 12.3. The van der Waals surface area contributed by atoms with Crippen molar-refractivity contribution >= 4 is 5.91 Å². The predicted octanol–water partition coefficient (Wildman–Crippen LogP) is 2.64. The minimum atomic E-state index is 0.137. The Hall–Kier alpha value is -1.35. The second kappa shape index (κ2) is 8.70. The Morgan fingerprint density at radius 1 is 1.21 bits per heavy atom. The van der Waals surface area contributed by atoms with Crippen LogP contribution in [0.15, 0.2) is 24.3 Å². The second-order valence-electron chi connectivity index (χ2n) is 5.39. The van der Waals surface area contributed by atoms with Crippen LogP contribution in [0, 0.1) is 12.8 Å². The van der Waals surface area contributed by atoms with E-state index in [4.69, 9.17) is 0 Å². The Labute approximate surface area is 116 Å². The number of amides is 1. The number of carbonyl (C=O) groups is 1. The maximum absolute atomic E-state index is 11.6. The molecule has 1 aromatic rings. The van der Waals surface area contributed by atoms with Crippen LogP contribution in [0.4, 0.5) is 0 Å². The summed E-state index contributed by atoms with van der Waals surface area (Å²) in [5.41, 5.74) is 2.58. The van der Waals surface area contributed by atoms with Gasteiger partial charge in [-0.05, 0) is 30.4 Å². The topological polar surface area (TPSA) is 41.1 Å². The van der Waals surface area contributed by atoms with E-state index in [2.05, 4.69) is 43.5 Å². The number of hydrogen-bond donors (Lipinski definition) is 2. The molecule has 2 N–H and O–H groups in total. The van der Waals surface area contributed by atoms with Gasteiger partial charge in [0.05, 0.1) is 0 Å². The molecule has 0 aliphatic carbocycles. The van der Waals surface area contributed by atoms with Crippen molar-refractivity contribution < 1.29 is 4.79 Å². The average molecular weight is 262 g/mol. The summed E-state index contributed by atoms with van der Waals surface area (Å²) < 4.78 is 0. The van der Waals surface area contributed by atoms with E-state index in [0.29, 0.717) is 12.3 Å². The molecule has 0 bridgehead atoms. The van der Waals surface area contributed by atoms with Crippen LogP contribution in [0.2, 0.25) is 0 Å². The van der Waals surface area contributed by atoms with Crippen molar-refractivity contribution in [2.45, 2.75) is 40.2 Å². The molecular weight excluding hydrogens is 236 g/mol. The lowest BCUT2D eigenvalue weighted by molar-refractivity contribution is -0.121. The van der Waals surface area contributed by atoms with E-state index in [1.165, 1.54) is 11.1 Å². The monoisotopic (exact) mass is 262 g/mol. The van der Waals surface area contributed by atoms with Crippen molar-refractivity contribution in [3.8, 4) is 0 Å². The third-order valence-electron chi connectivity index (χ3n) is 3.15. The van der Waals surface area contributed by atoms with Gasteiger partial charge in [-0.15, -0.1) is 0 Å². The third-order valence-corrected chi connectivity index (χ3v) is 3.15. The molecule has 19 heavy (non-hydrogen) atoms. The predicted molar refractivity (Wildman–Crippen MR) is 80.0 cm³/mol. The Balaban J connectivity index is 2.10. The first-order valence-corrected chi connectivity index (χ1v) is 7.11. The van der Waals surface area contributed by atoms with E-state index < -0.39 is 0 Å². The summed E-state index contributed by atoms with van der Waals surface area (Å²) in [6.45, 7) is 8.77. The SMILES string of the molecule is Cc1ccccc1CNCCC(=O)NCCC(C)C. The molecule has 0 saturated carbocycles. The Morgan fingerprint density at radius 2 is 1.95 bits per heavy atom. The number of nitrogens with one attached hydrogen (secondary N) is 2. The molecule has 3 nitrogen and oxygen atoms in total. The molecule has 0 aromatic heterocycles. The highest BCUT2D eigenvalue weighted by Gasteiger charge is 2.02. The number of rotatable bonds is 8. The Bertz CT molecular complexity index is 388. The molecule has 0 aliphatic heterocycles. The van der Waals surface area contributed by atoms with E-state index >= 15 is 0 Å². The number of benzene rings is 1. The molecule has 0 heterocycles. The van der Waals surface area contributed by atoms with Crippen LogP contribution in [-0.2, 0) is 11.3 Å². The fourth-order valence-electron chi connectivity index (χ4n) is 1.82. The third kappa shape index (κ3) is 6.97. The molecule has 0 fully saturated rings. The normalized spacial score (nSPS) is 10.7. The summed E-state index contributed by atoms with van der Waals surface area (Å²) in [5.74, 6) is 0.775. The smallest absolute Gasteiger partial charge is 0.221 e. The van der Waals surface area contributed by atoms with Gasteiger partial charge in [0.25, 0.3) is 0 Å². The summed E-state index contributed by atoms with van der Waals surface area (Å²) >= 11 is 0. The maximum atomic E-state index is 11.6. The lowest BCUT2D eigenvalue weighted by Crippen LogP contribution is -2.28. The van der Waals surface area contributed by atoms with Crippen molar-refractivity contribution in [2.24, 2.45) is 5.92 Å². The van der Waals surface area contributed by atoms with Crippen LogP contribution < -0.4 is 10.6 Å². The lowest BCUT2D eigenvalue weighted by atomic mass is 10.1. The van der Waals surface area contributed by atoms with Gasteiger partial charge >= 0.3 is 0 Å². The quantitative estimate of drug-likeness (QED) is 0.707. The second-order valence-corrected chi connectivity index (χ2v) is 5.39. The minimum Gasteiger partial charge on any atom is -0.356 e. The number of carbonyl (C=O) groups excluding carboxylic acids is 1. The molecule has 0 atom stereocenters. The van der Waals surface area contributed by atoms with Gasteiger partial charge in [0.2, 0.25) is 5.91 Å². The highest BCUT2D eigenvalue weighted by Crippen LogP contribution is 2.05. The first-order chi connectivity index (χ1) is 9.09. The van der Waals surface area contributed by atoms with Crippen LogP contribution in [0.25, 0.3) is 0 Å². The van der Waals surface area contributed by atoms with Gasteiger partial charge in [-0.3, -0.25) is 4.79 Å². The van der Waals surface area contributed by atoms with Crippen molar-refractivity contribution in [2.75, 3.05) is 13.1 Å². The molecule has 1 aromatic carbocycles. The van der Waals surface area contributed by atoms with Crippen molar-refractivity contribution in [3.05, 3.63) is 35.4 Å². The summed E-state index contributed by atoms with van der Waals surface area (Å²) in [6.07, 6.45) is 1.59. The highest BCUT2D eigenvalue weighted by atomic mass is 16.1. The summed E-state index contributed by atoms with van der Waals surface area (Å²) in [4.78, 5) is 11.6. The number of hydrogen-bond acceptors (Lipinski definition) is 2. The van der Waals surface area contributed by atoms with Crippen LogP contribution in [0.1, 0.15) is 37.8 Å². The fraction of sp³-hybridized carbons (Fsp3) is 0.562. The standard InChI is InChI=1S/C16H26N2O/c1-13(2)8-11-18-16(19)9-10-17-12-15-7-5-4-6-14(15)3/h4-7,13,17H,8-12H2,1-3H3,(H,18,19). The Morgan fingerprint density at radius 3 is 2.63 bits per heavy atom. The van der Waals surface area contributed by atoms with Gasteiger partial charge < -0.3 is 10.6 Å². The molecular formula is C16H26N2O. The molecule has 0 saturated heterocycles. The molecule has 0 aliphatic rings. The summed E-state index contributed by atoms with van der Waals surface area (Å²) in [7, 11) is 0. The van der Waals surface area contributed by atoms with Crippen LogP contribution >= 0.6 is 0 Å². The van der Waals surface area contributed by atoms with Gasteiger partial charge in [-0.2, -0.15) is 0 Å². The van der Waals surface area contributed by atoms with Gasteiger partial charge in [-0.1, -0.05) is 38.1 Å². The molecule has 0 radical (unpaired) electrons. The van der Waals surface area contributed by atoms with E-state index in [-0.39, 0.29) is 5.91 Å². The summed E-state index contributed by atoms with van der Waals surface area (Å²) in [5, 5.41) is 6.26. The average Bonchev–Trinajstić information content (AvgIpc) is 2.36. The molecule has 1 rings (SSSR count). The van der Waals surface area contributed by atoms with Crippen molar-refractivity contribution in [1.29, 1.82) is 0 Å². The van der Waals surface area contributed by atoms with Crippen molar-refractivity contribution in [3.63, 3.8) is 0 Å². The molecule has 1 amide bonds. The van der Waals surface area contributed by atoms with Gasteiger partial charge in [0.1, 0.15) is 0 Å². The zero-order chi connectivity index (χ0) is 14.1. The first kappa shape index (κ1) is 15.7. The molecule has 0 spiro atoms. The maximum Gasteiger partial charge on any atom is 0.221 e. The number of aryl methyl sites for hydroxylation is 1. The summed E-state index contributed by atoms with van der Waals surface area (Å²) in [6, 6.07) is 8.31. The van der Waals surface area contributed by atoms with Crippen molar-refractivity contribution in [1.82, 2.24) is 10.6 Å². The minimum absolute atomic E-state index is 0.137. The Kier molecular flexibility index (Phi) is 7.19. The van der Waals surface area contributed by atoms with Crippen LogP contribution in [0.3, 0.4) is 0 Å². The van der Waals surface area contributed by atoms with E-state index in [9.17, 15) is 4.79 Å². The molecule has 0 unspecified atom stereocenters.